The van der Waals surface area contributed by atoms with Crippen molar-refractivity contribution in [3.8, 4) is 22.6 Å². The molecule has 7 nitrogen and oxygen atoms in total. The smallest absolute Gasteiger partial charge is 0.178 e. The standard InChI is InChI=1S/C28H26FN7/c1-16-9-21(15-31-13-16)17(2)5-6-24-18(3)25(36-35-24)28-33-26-23(7-8-32-27(26)34-28)20-10-19(14-30-4)11-22(29)12-20/h5-13,15,30,35H,3,14H2,1-2,4H3,(H,32,33,34)/b17-5+,24-6+. The summed E-state index contributed by atoms with van der Waals surface area (Å²) in [7, 11) is 1.83. The van der Waals surface area contributed by atoms with Crippen molar-refractivity contribution in [3.63, 3.8) is 0 Å². The number of pyridine rings is 2. The van der Waals surface area contributed by atoms with Gasteiger partial charge in [-0.2, -0.15) is 5.10 Å². The van der Waals surface area contributed by atoms with Crippen LogP contribution in [0.4, 0.5) is 4.39 Å². The minimum Gasteiger partial charge on any atom is -0.335 e. The molecule has 0 aliphatic rings. The maximum atomic E-state index is 14.3. The molecule has 0 aliphatic heterocycles. The molecule has 0 atom stereocenters. The van der Waals surface area contributed by atoms with Crippen molar-refractivity contribution in [2.75, 3.05) is 7.05 Å². The molecule has 0 unspecified atom stereocenters. The van der Waals surface area contributed by atoms with Gasteiger partial charge in [0.25, 0.3) is 0 Å². The third-order valence-corrected chi connectivity index (χ3v) is 6.00. The second-order valence-corrected chi connectivity index (χ2v) is 8.75. The summed E-state index contributed by atoms with van der Waals surface area (Å²) in [6.07, 6.45) is 9.30. The fourth-order valence-electron chi connectivity index (χ4n) is 4.16. The van der Waals surface area contributed by atoms with Crippen molar-refractivity contribution in [2.24, 2.45) is 0 Å². The van der Waals surface area contributed by atoms with E-state index in [-0.39, 0.29) is 5.82 Å². The Morgan fingerprint density at radius 3 is 2.86 bits per heavy atom. The molecule has 0 fully saturated rings. The van der Waals surface area contributed by atoms with Crippen LogP contribution in [0.1, 0.15) is 23.6 Å². The predicted octanol–water partition coefficient (Wildman–Crippen LogP) is 3.87. The first-order valence-corrected chi connectivity index (χ1v) is 11.6. The van der Waals surface area contributed by atoms with Crippen molar-refractivity contribution in [2.45, 2.75) is 20.4 Å². The maximum Gasteiger partial charge on any atom is 0.178 e. The van der Waals surface area contributed by atoms with E-state index >= 15 is 0 Å². The van der Waals surface area contributed by atoms with Gasteiger partial charge in [-0.05, 0) is 85.1 Å². The summed E-state index contributed by atoms with van der Waals surface area (Å²) in [6, 6.07) is 8.95. The summed E-state index contributed by atoms with van der Waals surface area (Å²) in [5, 5.41) is 12.0. The van der Waals surface area contributed by atoms with Gasteiger partial charge in [-0.15, -0.1) is 0 Å². The van der Waals surface area contributed by atoms with Crippen LogP contribution in [-0.4, -0.2) is 37.2 Å². The molecular formula is C28H26FN7. The number of nitrogens with zero attached hydrogens (tertiary/aromatic N) is 4. The average molecular weight is 480 g/mol. The van der Waals surface area contributed by atoms with E-state index in [1.165, 1.54) is 12.1 Å². The van der Waals surface area contributed by atoms with E-state index in [2.05, 4.69) is 48.1 Å². The van der Waals surface area contributed by atoms with E-state index in [0.29, 0.717) is 34.4 Å². The number of rotatable bonds is 6. The molecule has 8 heteroatoms. The van der Waals surface area contributed by atoms with Crippen molar-refractivity contribution in [3.05, 3.63) is 88.1 Å². The summed E-state index contributed by atoms with van der Waals surface area (Å²) in [5.41, 5.74) is 7.50. The van der Waals surface area contributed by atoms with Crippen LogP contribution in [0.2, 0.25) is 0 Å². The van der Waals surface area contributed by atoms with Crippen LogP contribution in [0.5, 0.6) is 0 Å². The lowest BCUT2D eigenvalue weighted by atomic mass is 10.0. The third kappa shape index (κ3) is 4.58. The monoisotopic (exact) mass is 479 g/mol. The van der Waals surface area contributed by atoms with Gasteiger partial charge in [0, 0.05) is 35.9 Å². The topological polar surface area (TPSA) is 95.2 Å². The van der Waals surface area contributed by atoms with Crippen LogP contribution >= 0.6 is 0 Å². The number of halogens is 1. The first-order valence-electron chi connectivity index (χ1n) is 11.6. The highest BCUT2D eigenvalue weighted by molar-refractivity contribution is 5.91. The van der Waals surface area contributed by atoms with Gasteiger partial charge in [0.1, 0.15) is 11.5 Å². The SMILES string of the molecule is C=c1c(-c2nc3nccc(-c4cc(F)cc(CNC)c4)c3[nH]2)n[nH]/c1=C/C=C(\C)c1cncc(C)c1. The Kier molecular flexibility index (Phi) is 6.26. The van der Waals surface area contributed by atoms with Crippen molar-refractivity contribution in [1.29, 1.82) is 0 Å². The van der Waals surface area contributed by atoms with Gasteiger partial charge in [-0.3, -0.25) is 10.1 Å². The zero-order chi connectivity index (χ0) is 25.2. The van der Waals surface area contributed by atoms with E-state index in [1.54, 1.807) is 6.20 Å². The molecule has 5 rings (SSSR count). The molecule has 3 N–H and O–H groups in total. The van der Waals surface area contributed by atoms with Crippen LogP contribution in [0.3, 0.4) is 0 Å². The third-order valence-electron chi connectivity index (χ3n) is 6.00. The fourth-order valence-corrected chi connectivity index (χ4v) is 4.16. The Bertz CT molecular complexity index is 1710. The Morgan fingerprint density at radius 2 is 2.06 bits per heavy atom. The number of nitrogens with one attached hydrogen (secondary N) is 3. The lowest BCUT2D eigenvalue weighted by Gasteiger charge is -2.07. The lowest BCUT2D eigenvalue weighted by molar-refractivity contribution is 0.624. The lowest BCUT2D eigenvalue weighted by Crippen LogP contribution is -2.21. The van der Waals surface area contributed by atoms with Gasteiger partial charge in [0.2, 0.25) is 0 Å². The van der Waals surface area contributed by atoms with Gasteiger partial charge in [0.15, 0.2) is 11.5 Å². The molecule has 0 radical (unpaired) electrons. The number of aromatic nitrogens is 6. The highest BCUT2D eigenvalue weighted by Crippen LogP contribution is 2.29. The summed E-state index contributed by atoms with van der Waals surface area (Å²) < 4.78 is 14.3. The van der Waals surface area contributed by atoms with Crippen LogP contribution in [0, 0.1) is 12.7 Å². The number of aryl methyl sites for hydroxylation is 1. The first-order chi connectivity index (χ1) is 17.4. The quantitative estimate of drug-likeness (QED) is 0.344. The summed E-state index contributed by atoms with van der Waals surface area (Å²) in [4.78, 5) is 16.6. The number of allylic oxidation sites excluding steroid dienone is 2. The van der Waals surface area contributed by atoms with E-state index in [0.717, 1.165) is 38.7 Å². The van der Waals surface area contributed by atoms with Gasteiger partial charge in [0.05, 0.1) is 10.9 Å². The highest BCUT2D eigenvalue weighted by Gasteiger charge is 2.15. The van der Waals surface area contributed by atoms with Crippen LogP contribution in [-0.2, 0) is 6.54 Å². The molecular weight excluding hydrogens is 453 g/mol. The normalized spacial score (nSPS) is 12.6. The number of H-pyrrole nitrogens is 2. The van der Waals surface area contributed by atoms with Gasteiger partial charge >= 0.3 is 0 Å². The zero-order valence-corrected chi connectivity index (χ0v) is 20.4. The number of imidazole rings is 1. The molecule has 0 saturated carbocycles. The van der Waals surface area contributed by atoms with Crippen LogP contribution in [0.25, 0.3) is 52.0 Å². The van der Waals surface area contributed by atoms with Gasteiger partial charge < -0.3 is 10.3 Å². The molecule has 0 saturated heterocycles. The molecule has 0 amide bonds. The summed E-state index contributed by atoms with van der Waals surface area (Å²) in [6.45, 7) is 8.84. The van der Waals surface area contributed by atoms with Crippen molar-refractivity contribution >= 4 is 29.4 Å². The Hall–Kier alpha value is -4.43. The number of hydrogen-bond donors (Lipinski definition) is 3. The van der Waals surface area contributed by atoms with Crippen LogP contribution < -0.4 is 15.9 Å². The second-order valence-electron chi connectivity index (χ2n) is 8.75. The van der Waals surface area contributed by atoms with Crippen molar-refractivity contribution in [1.82, 2.24) is 35.5 Å². The Balaban J connectivity index is 1.54. The summed E-state index contributed by atoms with van der Waals surface area (Å²) >= 11 is 0. The number of hydrogen-bond acceptors (Lipinski definition) is 5. The van der Waals surface area contributed by atoms with Gasteiger partial charge in [-0.25, -0.2) is 14.4 Å². The van der Waals surface area contributed by atoms with E-state index in [4.69, 9.17) is 0 Å². The number of benzene rings is 1. The predicted molar refractivity (Wildman–Crippen MR) is 141 cm³/mol. The van der Waals surface area contributed by atoms with E-state index < -0.39 is 0 Å². The number of fused-ring (bicyclic) bond motifs is 1. The van der Waals surface area contributed by atoms with Gasteiger partial charge in [-0.1, -0.05) is 12.7 Å². The molecule has 36 heavy (non-hydrogen) atoms. The Morgan fingerprint density at radius 1 is 1.19 bits per heavy atom. The molecule has 4 heterocycles. The molecule has 180 valence electrons. The fraction of sp³-hybridized carbons (Fsp3) is 0.143. The molecule has 1 aromatic carbocycles. The first kappa shape index (κ1) is 23.3. The van der Waals surface area contributed by atoms with E-state index in [1.807, 2.05) is 57.6 Å². The van der Waals surface area contributed by atoms with E-state index in [9.17, 15) is 4.39 Å². The Labute approximate surface area is 207 Å². The highest BCUT2D eigenvalue weighted by atomic mass is 19.1. The number of aromatic amines is 2. The minimum atomic E-state index is -0.292. The summed E-state index contributed by atoms with van der Waals surface area (Å²) in [5.74, 6) is 0.251. The molecule has 0 spiro atoms. The maximum absolute atomic E-state index is 14.3. The molecule has 0 aliphatic carbocycles. The molecule has 0 bridgehead atoms. The largest absolute Gasteiger partial charge is 0.335 e. The minimum absolute atomic E-state index is 0.292. The zero-order valence-electron chi connectivity index (χ0n) is 20.4. The van der Waals surface area contributed by atoms with Crippen molar-refractivity contribution < 1.29 is 4.39 Å². The second kappa shape index (κ2) is 9.67. The molecule has 5 aromatic rings. The molecule has 4 aromatic heterocycles. The van der Waals surface area contributed by atoms with Crippen LogP contribution in [0.15, 0.2) is 55.0 Å². The average Bonchev–Trinajstić information content (AvgIpc) is 3.45.